The summed E-state index contributed by atoms with van der Waals surface area (Å²) in [6.45, 7) is 6.37. The fourth-order valence-corrected chi connectivity index (χ4v) is 4.12. The molecular weight excluding hydrogens is 334 g/mol. The molecule has 2 aliphatic heterocycles. The summed E-state index contributed by atoms with van der Waals surface area (Å²) in [5, 5.41) is 3.04. The summed E-state index contributed by atoms with van der Waals surface area (Å²) in [7, 11) is 0. The summed E-state index contributed by atoms with van der Waals surface area (Å²) < 4.78 is 0. The third-order valence-corrected chi connectivity index (χ3v) is 5.89. The zero-order valence-electron chi connectivity index (χ0n) is 16.2. The molecule has 0 atom stereocenters. The molecule has 0 bridgehead atoms. The molecule has 0 spiro atoms. The van der Waals surface area contributed by atoms with E-state index in [0.717, 1.165) is 44.2 Å². The molecule has 4 rings (SSSR count). The Morgan fingerprint density at radius 1 is 1.04 bits per heavy atom. The van der Waals surface area contributed by atoms with Crippen LogP contribution in [0.4, 0.5) is 17.1 Å². The van der Waals surface area contributed by atoms with Crippen molar-refractivity contribution in [2.45, 2.75) is 32.6 Å². The predicted octanol–water partition coefficient (Wildman–Crippen LogP) is 4.31. The van der Waals surface area contributed by atoms with Gasteiger partial charge in [0.2, 0.25) is 5.91 Å². The van der Waals surface area contributed by atoms with Crippen LogP contribution in [0, 0.1) is 5.92 Å². The Hall–Kier alpha value is -2.49. The fourth-order valence-electron chi connectivity index (χ4n) is 4.12. The van der Waals surface area contributed by atoms with Crippen LogP contribution >= 0.6 is 0 Å². The highest BCUT2D eigenvalue weighted by atomic mass is 16.1. The van der Waals surface area contributed by atoms with E-state index in [1.54, 1.807) is 0 Å². The molecule has 0 radical (unpaired) electrons. The van der Waals surface area contributed by atoms with Gasteiger partial charge in [-0.3, -0.25) is 4.79 Å². The van der Waals surface area contributed by atoms with Gasteiger partial charge in [-0.2, -0.15) is 0 Å². The number of amides is 1. The summed E-state index contributed by atoms with van der Waals surface area (Å²) in [4.78, 5) is 17.1. The number of hydrogen-bond donors (Lipinski definition) is 1. The van der Waals surface area contributed by atoms with Crippen LogP contribution in [-0.4, -0.2) is 32.1 Å². The van der Waals surface area contributed by atoms with Crippen molar-refractivity contribution in [3.8, 4) is 0 Å². The van der Waals surface area contributed by atoms with Crippen molar-refractivity contribution >= 4 is 23.0 Å². The molecule has 2 aromatic carbocycles. The third kappa shape index (κ3) is 4.26. The first-order chi connectivity index (χ1) is 13.2. The van der Waals surface area contributed by atoms with Crippen LogP contribution in [0.5, 0.6) is 0 Å². The van der Waals surface area contributed by atoms with Crippen molar-refractivity contribution < 1.29 is 4.79 Å². The smallest absolute Gasteiger partial charge is 0.226 e. The van der Waals surface area contributed by atoms with Crippen LogP contribution in [-0.2, 0) is 11.2 Å². The lowest BCUT2D eigenvalue weighted by molar-refractivity contribution is -0.116. The van der Waals surface area contributed by atoms with Crippen molar-refractivity contribution in [1.29, 1.82) is 0 Å². The quantitative estimate of drug-likeness (QED) is 0.860. The molecular formula is C23H29N3O. The van der Waals surface area contributed by atoms with Gasteiger partial charge in [-0.25, -0.2) is 0 Å². The Labute approximate surface area is 162 Å². The van der Waals surface area contributed by atoms with Crippen LogP contribution in [0.25, 0.3) is 0 Å². The number of carbonyl (C=O) groups excluding carboxylic acids is 1. The van der Waals surface area contributed by atoms with Gasteiger partial charge in [0.15, 0.2) is 0 Å². The minimum absolute atomic E-state index is 0.0823. The molecule has 2 aliphatic rings. The molecule has 0 unspecified atom stereocenters. The standard InChI is InChI=1S/C23H29N3O/c1-18-10-14-25(15-11-18)21-8-6-20(7-9-21)24-23(27)13-17-26-16-12-19-4-2-3-5-22(19)26/h2-9,18H,10-17H2,1H3,(H,24,27). The Kier molecular flexibility index (Phi) is 5.33. The molecule has 27 heavy (non-hydrogen) atoms. The van der Waals surface area contributed by atoms with E-state index < -0.39 is 0 Å². The molecule has 1 fully saturated rings. The largest absolute Gasteiger partial charge is 0.372 e. The topological polar surface area (TPSA) is 35.6 Å². The highest BCUT2D eigenvalue weighted by Crippen LogP contribution is 2.27. The van der Waals surface area contributed by atoms with E-state index >= 15 is 0 Å². The number of nitrogens with one attached hydrogen (secondary N) is 1. The van der Waals surface area contributed by atoms with E-state index in [0.29, 0.717) is 6.42 Å². The van der Waals surface area contributed by atoms with Crippen LogP contribution in [0.3, 0.4) is 0 Å². The molecule has 0 aromatic heterocycles. The average molecular weight is 364 g/mol. The van der Waals surface area contributed by atoms with Crippen molar-refractivity contribution in [2.75, 3.05) is 41.3 Å². The van der Waals surface area contributed by atoms with Crippen molar-refractivity contribution in [3.63, 3.8) is 0 Å². The Balaban J connectivity index is 1.27. The maximum atomic E-state index is 12.4. The molecule has 4 nitrogen and oxygen atoms in total. The number of piperidine rings is 1. The molecule has 142 valence electrons. The Bertz CT molecular complexity index is 778. The van der Waals surface area contributed by atoms with Crippen molar-refractivity contribution in [3.05, 3.63) is 54.1 Å². The number of anilines is 3. The van der Waals surface area contributed by atoms with Crippen LogP contribution in [0.15, 0.2) is 48.5 Å². The lowest BCUT2D eigenvalue weighted by Gasteiger charge is -2.32. The summed E-state index contributed by atoms with van der Waals surface area (Å²) in [5.74, 6) is 0.918. The first-order valence-corrected chi connectivity index (χ1v) is 10.2. The first-order valence-electron chi connectivity index (χ1n) is 10.2. The number of para-hydroxylation sites is 1. The maximum Gasteiger partial charge on any atom is 0.226 e. The number of hydrogen-bond acceptors (Lipinski definition) is 3. The third-order valence-electron chi connectivity index (χ3n) is 5.89. The van der Waals surface area contributed by atoms with Gasteiger partial charge in [0.25, 0.3) is 0 Å². The highest BCUT2D eigenvalue weighted by molar-refractivity contribution is 5.91. The lowest BCUT2D eigenvalue weighted by atomic mass is 9.99. The molecule has 0 saturated carbocycles. The molecule has 1 N–H and O–H groups in total. The van der Waals surface area contributed by atoms with Gasteiger partial charge in [-0.05, 0) is 61.1 Å². The fraction of sp³-hybridized carbons (Fsp3) is 0.435. The Morgan fingerprint density at radius 3 is 2.56 bits per heavy atom. The van der Waals surface area contributed by atoms with Gasteiger partial charge in [0.05, 0.1) is 0 Å². The van der Waals surface area contributed by atoms with Gasteiger partial charge in [0, 0.05) is 49.7 Å². The van der Waals surface area contributed by atoms with Gasteiger partial charge in [-0.15, -0.1) is 0 Å². The van der Waals surface area contributed by atoms with E-state index in [1.165, 1.54) is 29.8 Å². The minimum Gasteiger partial charge on any atom is -0.372 e. The summed E-state index contributed by atoms with van der Waals surface area (Å²) in [6, 6.07) is 16.8. The summed E-state index contributed by atoms with van der Waals surface area (Å²) in [6.07, 6.45) is 4.12. The van der Waals surface area contributed by atoms with Crippen LogP contribution in [0.1, 0.15) is 31.7 Å². The highest BCUT2D eigenvalue weighted by Gasteiger charge is 2.19. The second-order valence-electron chi connectivity index (χ2n) is 7.88. The van der Waals surface area contributed by atoms with E-state index in [-0.39, 0.29) is 5.91 Å². The number of rotatable bonds is 5. The SMILES string of the molecule is CC1CCN(c2ccc(NC(=O)CCN3CCc4ccccc43)cc2)CC1. The van der Waals surface area contributed by atoms with E-state index in [1.807, 2.05) is 12.1 Å². The second-order valence-corrected chi connectivity index (χ2v) is 7.88. The van der Waals surface area contributed by atoms with Crippen molar-refractivity contribution in [2.24, 2.45) is 5.92 Å². The lowest BCUT2D eigenvalue weighted by Crippen LogP contribution is -2.32. The van der Waals surface area contributed by atoms with E-state index in [4.69, 9.17) is 0 Å². The van der Waals surface area contributed by atoms with E-state index in [2.05, 4.69) is 58.4 Å². The minimum atomic E-state index is 0.0823. The predicted molar refractivity (Wildman–Crippen MR) is 113 cm³/mol. The van der Waals surface area contributed by atoms with Crippen LogP contribution in [0.2, 0.25) is 0 Å². The first kappa shape index (κ1) is 17.9. The van der Waals surface area contributed by atoms with Gasteiger partial charge in [-0.1, -0.05) is 25.1 Å². The zero-order valence-corrected chi connectivity index (χ0v) is 16.2. The normalized spacial score (nSPS) is 17.1. The van der Waals surface area contributed by atoms with E-state index in [9.17, 15) is 4.79 Å². The van der Waals surface area contributed by atoms with Crippen LogP contribution < -0.4 is 15.1 Å². The van der Waals surface area contributed by atoms with Gasteiger partial charge in [0.1, 0.15) is 0 Å². The number of fused-ring (bicyclic) bond motifs is 1. The summed E-state index contributed by atoms with van der Waals surface area (Å²) in [5.41, 5.74) is 4.82. The average Bonchev–Trinajstić information content (AvgIpc) is 3.11. The van der Waals surface area contributed by atoms with Gasteiger partial charge >= 0.3 is 0 Å². The number of carbonyl (C=O) groups is 1. The molecule has 1 amide bonds. The monoisotopic (exact) mass is 363 g/mol. The molecule has 2 heterocycles. The maximum absolute atomic E-state index is 12.4. The molecule has 2 aromatic rings. The molecule has 1 saturated heterocycles. The number of benzene rings is 2. The summed E-state index contributed by atoms with van der Waals surface area (Å²) >= 11 is 0. The van der Waals surface area contributed by atoms with Gasteiger partial charge < -0.3 is 15.1 Å². The Morgan fingerprint density at radius 2 is 1.78 bits per heavy atom. The number of nitrogens with zero attached hydrogens (tertiary/aromatic N) is 2. The second kappa shape index (κ2) is 8.03. The zero-order chi connectivity index (χ0) is 18.6. The molecule has 4 heteroatoms. The molecule has 0 aliphatic carbocycles. The van der Waals surface area contributed by atoms with Crippen molar-refractivity contribution in [1.82, 2.24) is 0 Å².